The Morgan fingerprint density at radius 3 is 2.45 bits per heavy atom. The molecule has 0 saturated carbocycles. The number of amides is 2. The van der Waals surface area contributed by atoms with E-state index in [1.165, 1.54) is 4.90 Å². The summed E-state index contributed by atoms with van der Waals surface area (Å²) in [6.45, 7) is 9.50. The summed E-state index contributed by atoms with van der Waals surface area (Å²) in [5.41, 5.74) is 1.35. The lowest BCUT2D eigenvalue weighted by atomic mass is 10.2. The molecule has 2 amide bonds. The van der Waals surface area contributed by atoms with Crippen molar-refractivity contribution in [2.24, 2.45) is 0 Å². The van der Waals surface area contributed by atoms with Crippen LogP contribution in [0.2, 0.25) is 5.02 Å². The lowest BCUT2D eigenvalue weighted by Gasteiger charge is -2.18. The zero-order chi connectivity index (χ0) is 15.1. The summed E-state index contributed by atoms with van der Waals surface area (Å²) in [5.74, 6) is -1.34. The van der Waals surface area contributed by atoms with Crippen LogP contribution in [-0.4, -0.2) is 29.8 Å². The van der Waals surface area contributed by atoms with Gasteiger partial charge in [0, 0.05) is 23.8 Å². The van der Waals surface area contributed by atoms with Crippen LogP contribution in [0, 0.1) is 6.92 Å². The number of hydrogen-bond donors (Lipinski definition) is 1. The maximum absolute atomic E-state index is 12.0. The first-order chi connectivity index (χ1) is 9.49. The van der Waals surface area contributed by atoms with Crippen LogP contribution in [0.1, 0.15) is 5.56 Å². The van der Waals surface area contributed by atoms with Gasteiger partial charge in [0.1, 0.15) is 0 Å². The number of benzene rings is 1. The molecule has 1 aromatic rings. The second kappa shape index (κ2) is 7.50. The highest BCUT2D eigenvalue weighted by molar-refractivity contribution is 6.40. The highest BCUT2D eigenvalue weighted by atomic mass is 35.5. The molecule has 0 unspecified atom stereocenters. The first-order valence-electron chi connectivity index (χ1n) is 6.07. The van der Waals surface area contributed by atoms with Crippen LogP contribution in [0.15, 0.2) is 43.5 Å². The fourth-order valence-electron chi connectivity index (χ4n) is 1.60. The molecule has 0 atom stereocenters. The molecule has 1 N–H and O–H groups in total. The number of halogens is 1. The van der Waals surface area contributed by atoms with Gasteiger partial charge in [-0.3, -0.25) is 9.59 Å². The third-order valence-electron chi connectivity index (χ3n) is 2.63. The molecule has 0 aromatic heterocycles. The number of hydrogen-bond acceptors (Lipinski definition) is 2. The molecule has 0 spiro atoms. The molecule has 1 aromatic carbocycles. The molecule has 4 nitrogen and oxygen atoms in total. The van der Waals surface area contributed by atoms with Crippen molar-refractivity contribution in [3.63, 3.8) is 0 Å². The highest BCUT2D eigenvalue weighted by Gasteiger charge is 2.20. The van der Waals surface area contributed by atoms with E-state index >= 15 is 0 Å². The first kappa shape index (κ1) is 16.0. The Hall–Kier alpha value is -2.07. The maximum atomic E-state index is 12.0. The summed E-state index contributed by atoms with van der Waals surface area (Å²) in [5, 5.41) is 3.06. The van der Waals surface area contributed by atoms with Crippen molar-refractivity contribution in [1.82, 2.24) is 4.90 Å². The van der Waals surface area contributed by atoms with Gasteiger partial charge < -0.3 is 10.2 Å². The fourth-order valence-corrected chi connectivity index (χ4v) is 1.77. The van der Waals surface area contributed by atoms with E-state index in [1.807, 2.05) is 6.92 Å². The molecule has 5 heteroatoms. The first-order valence-corrected chi connectivity index (χ1v) is 6.45. The van der Waals surface area contributed by atoms with E-state index in [1.54, 1.807) is 30.4 Å². The van der Waals surface area contributed by atoms with E-state index < -0.39 is 11.8 Å². The van der Waals surface area contributed by atoms with Crippen molar-refractivity contribution in [3.8, 4) is 0 Å². The van der Waals surface area contributed by atoms with Crippen molar-refractivity contribution >= 4 is 29.1 Å². The third kappa shape index (κ3) is 4.24. The summed E-state index contributed by atoms with van der Waals surface area (Å²) in [7, 11) is 0. The van der Waals surface area contributed by atoms with Crippen LogP contribution < -0.4 is 5.32 Å². The Balaban J connectivity index is 2.83. The summed E-state index contributed by atoms with van der Waals surface area (Å²) in [4.78, 5) is 25.3. The molecule has 0 aliphatic rings. The van der Waals surface area contributed by atoms with E-state index in [2.05, 4.69) is 18.5 Å². The van der Waals surface area contributed by atoms with Crippen LogP contribution in [0.3, 0.4) is 0 Å². The molecule has 0 aliphatic carbocycles. The largest absolute Gasteiger partial charge is 0.327 e. The minimum atomic E-state index is -0.709. The van der Waals surface area contributed by atoms with E-state index in [0.29, 0.717) is 10.7 Å². The van der Waals surface area contributed by atoms with E-state index in [9.17, 15) is 9.59 Å². The number of nitrogens with zero attached hydrogens (tertiary/aromatic N) is 1. The summed E-state index contributed by atoms with van der Waals surface area (Å²) < 4.78 is 0. The van der Waals surface area contributed by atoms with Gasteiger partial charge in [-0.2, -0.15) is 0 Å². The van der Waals surface area contributed by atoms with Gasteiger partial charge in [0.15, 0.2) is 0 Å². The fraction of sp³-hybridized carbons (Fsp3) is 0.200. The highest BCUT2D eigenvalue weighted by Crippen LogP contribution is 2.20. The minimum absolute atomic E-state index is 0.285. The maximum Gasteiger partial charge on any atom is 0.313 e. The van der Waals surface area contributed by atoms with Crippen molar-refractivity contribution in [1.29, 1.82) is 0 Å². The monoisotopic (exact) mass is 292 g/mol. The number of carbonyl (C=O) groups excluding carboxylic acids is 2. The number of nitrogens with one attached hydrogen (secondary N) is 1. The van der Waals surface area contributed by atoms with Crippen molar-refractivity contribution < 1.29 is 9.59 Å². The van der Waals surface area contributed by atoms with E-state index in [4.69, 9.17) is 11.6 Å². The third-order valence-corrected chi connectivity index (χ3v) is 2.86. The standard InChI is InChI=1S/C15H17ClN2O2/c1-4-8-18(9-5-2)15(20)14(19)17-13-10-12(16)7-6-11(13)3/h4-7,10H,1-2,8-9H2,3H3,(H,17,19). The minimum Gasteiger partial charge on any atom is -0.327 e. The molecule has 20 heavy (non-hydrogen) atoms. The average Bonchev–Trinajstić information content (AvgIpc) is 2.41. The van der Waals surface area contributed by atoms with E-state index in [-0.39, 0.29) is 13.1 Å². The zero-order valence-electron chi connectivity index (χ0n) is 11.4. The quantitative estimate of drug-likeness (QED) is 0.670. The normalized spacial score (nSPS) is 9.70. The molecule has 0 heterocycles. The molecule has 106 valence electrons. The molecule has 0 fully saturated rings. The molecule has 1 rings (SSSR count). The molecule has 0 bridgehead atoms. The van der Waals surface area contributed by atoms with Crippen LogP contribution in [0.4, 0.5) is 5.69 Å². The van der Waals surface area contributed by atoms with Crippen LogP contribution in [-0.2, 0) is 9.59 Å². The second-order valence-corrected chi connectivity index (χ2v) is 4.64. The van der Waals surface area contributed by atoms with Gasteiger partial charge in [-0.25, -0.2) is 0 Å². The number of anilines is 1. The Kier molecular flexibility index (Phi) is 6.00. The van der Waals surface area contributed by atoms with Gasteiger partial charge >= 0.3 is 11.8 Å². The number of carbonyl (C=O) groups is 2. The van der Waals surface area contributed by atoms with E-state index in [0.717, 1.165) is 5.56 Å². The predicted molar refractivity (Wildman–Crippen MR) is 81.8 cm³/mol. The van der Waals surface area contributed by atoms with Crippen LogP contribution >= 0.6 is 11.6 Å². The van der Waals surface area contributed by atoms with Crippen molar-refractivity contribution in [3.05, 3.63) is 54.1 Å². The topological polar surface area (TPSA) is 49.4 Å². The molecular formula is C15H17ClN2O2. The Morgan fingerprint density at radius 1 is 1.30 bits per heavy atom. The SMILES string of the molecule is C=CCN(CC=C)C(=O)C(=O)Nc1cc(Cl)ccc1C. The summed E-state index contributed by atoms with van der Waals surface area (Å²) in [6.07, 6.45) is 3.11. The van der Waals surface area contributed by atoms with Gasteiger partial charge in [0.05, 0.1) is 0 Å². The second-order valence-electron chi connectivity index (χ2n) is 4.20. The lowest BCUT2D eigenvalue weighted by molar-refractivity contribution is -0.142. The van der Waals surface area contributed by atoms with Gasteiger partial charge in [0.25, 0.3) is 0 Å². The van der Waals surface area contributed by atoms with Crippen molar-refractivity contribution in [2.75, 3.05) is 18.4 Å². The molecular weight excluding hydrogens is 276 g/mol. The number of aryl methyl sites for hydroxylation is 1. The zero-order valence-corrected chi connectivity index (χ0v) is 12.1. The smallest absolute Gasteiger partial charge is 0.313 e. The van der Waals surface area contributed by atoms with Gasteiger partial charge in [0.2, 0.25) is 0 Å². The number of rotatable bonds is 5. The Morgan fingerprint density at radius 2 is 1.90 bits per heavy atom. The molecule has 0 radical (unpaired) electrons. The Labute approximate surface area is 123 Å². The van der Waals surface area contributed by atoms with Crippen LogP contribution in [0.5, 0.6) is 0 Å². The average molecular weight is 293 g/mol. The molecule has 0 aliphatic heterocycles. The Bertz CT molecular complexity index is 531. The van der Waals surface area contributed by atoms with Crippen molar-refractivity contribution in [2.45, 2.75) is 6.92 Å². The van der Waals surface area contributed by atoms with Gasteiger partial charge in [-0.1, -0.05) is 29.8 Å². The van der Waals surface area contributed by atoms with Gasteiger partial charge in [-0.05, 0) is 24.6 Å². The van der Waals surface area contributed by atoms with Gasteiger partial charge in [-0.15, -0.1) is 13.2 Å². The lowest BCUT2D eigenvalue weighted by Crippen LogP contribution is -2.40. The summed E-state index contributed by atoms with van der Waals surface area (Å²) >= 11 is 5.87. The van der Waals surface area contributed by atoms with Crippen LogP contribution in [0.25, 0.3) is 0 Å². The predicted octanol–water partition coefficient (Wildman–Crippen LogP) is 2.79. The summed E-state index contributed by atoms with van der Waals surface area (Å²) in [6, 6.07) is 5.09. The molecule has 0 saturated heterocycles.